The summed E-state index contributed by atoms with van der Waals surface area (Å²) in [6.45, 7) is 4.65. The van der Waals surface area contributed by atoms with Gasteiger partial charge < -0.3 is 0 Å². The summed E-state index contributed by atoms with van der Waals surface area (Å²) in [7, 11) is 0. The molecular formula is C19H31. The Morgan fingerprint density at radius 2 is 1.37 bits per heavy atom. The van der Waals surface area contributed by atoms with E-state index in [4.69, 9.17) is 0 Å². The van der Waals surface area contributed by atoms with Gasteiger partial charge in [-0.3, -0.25) is 0 Å². The zero-order valence-corrected chi connectivity index (χ0v) is 12.9. The number of rotatable bonds is 11. The van der Waals surface area contributed by atoms with E-state index < -0.39 is 0 Å². The molecule has 19 heavy (non-hydrogen) atoms. The van der Waals surface area contributed by atoms with Crippen LogP contribution in [-0.2, 0) is 0 Å². The standard InChI is InChI=1S/C19H31/c1-18(2)14-10-7-5-3-4-6-8-11-15-19-16-12-9-13-17-19/h9,12-13,15-18H,3-8,10-11,14H2,1-2H3. The fourth-order valence-electron chi connectivity index (χ4n) is 2.44. The third-order valence-corrected chi connectivity index (χ3v) is 3.67. The first-order valence-corrected chi connectivity index (χ1v) is 8.17. The minimum absolute atomic E-state index is 0.883. The van der Waals surface area contributed by atoms with Crippen LogP contribution in [0.5, 0.6) is 0 Å². The van der Waals surface area contributed by atoms with E-state index in [2.05, 4.69) is 50.6 Å². The monoisotopic (exact) mass is 259 g/mol. The van der Waals surface area contributed by atoms with Crippen molar-refractivity contribution in [2.45, 2.75) is 71.6 Å². The zero-order chi connectivity index (χ0) is 13.8. The van der Waals surface area contributed by atoms with Crippen LogP contribution in [0.4, 0.5) is 0 Å². The molecule has 0 aliphatic carbocycles. The Kier molecular flexibility index (Phi) is 9.49. The fourth-order valence-corrected chi connectivity index (χ4v) is 2.44. The van der Waals surface area contributed by atoms with Crippen molar-refractivity contribution >= 4 is 0 Å². The highest BCUT2D eigenvalue weighted by atomic mass is 14.0. The highest BCUT2D eigenvalue weighted by Crippen LogP contribution is 2.14. The molecule has 1 rings (SSSR count). The Morgan fingerprint density at radius 1 is 0.789 bits per heavy atom. The fraction of sp³-hybridized carbons (Fsp3) is 0.632. The Balaban J connectivity index is 1.81. The first-order chi connectivity index (χ1) is 9.29. The highest BCUT2D eigenvalue weighted by Gasteiger charge is 1.96. The largest absolute Gasteiger partial charge is 0.0628 e. The molecule has 0 saturated carbocycles. The molecule has 0 atom stereocenters. The van der Waals surface area contributed by atoms with Gasteiger partial charge in [0.15, 0.2) is 0 Å². The van der Waals surface area contributed by atoms with Gasteiger partial charge >= 0.3 is 0 Å². The quantitative estimate of drug-likeness (QED) is 0.403. The number of unbranched alkanes of at least 4 members (excludes halogenated alkanes) is 7. The molecule has 0 aliphatic rings. The second kappa shape index (κ2) is 11.1. The molecule has 0 bridgehead atoms. The van der Waals surface area contributed by atoms with Crippen LogP contribution in [0.15, 0.2) is 30.3 Å². The third kappa shape index (κ3) is 9.76. The van der Waals surface area contributed by atoms with Crippen molar-refractivity contribution in [3.63, 3.8) is 0 Å². The summed E-state index contributed by atoms with van der Waals surface area (Å²) in [6.07, 6.45) is 14.9. The van der Waals surface area contributed by atoms with Crippen molar-refractivity contribution < 1.29 is 0 Å². The molecule has 0 N–H and O–H groups in total. The van der Waals surface area contributed by atoms with Crippen molar-refractivity contribution in [1.82, 2.24) is 0 Å². The zero-order valence-electron chi connectivity index (χ0n) is 12.9. The van der Waals surface area contributed by atoms with E-state index in [9.17, 15) is 0 Å². The smallest absolute Gasteiger partial charge is 0.00931 e. The maximum absolute atomic E-state index is 2.36. The molecule has 1 aromatic rings. The number of hydrogen-bond acceptors (Lipinski definition) is 0. The maximum Gasteiger partial charge on any atom is -0.00931 e. The molecule has 0 spiro atoms. The maximum atomic E-state index is 2.36. The summed E-state index contributed by atoms with van der Waals surface area (Å²) >= 11 is 0. The van der Waals surface area contributed by atoms with E-state index in [1.165, 1.54) is 63.4 Å². The van der Waals surface area contributed by atoms with Gasteiger partial charge in [-0.2, -0.15) is 0 Å². The molecule has 0 unspecified atom stereocenters. The van der Waals surface area contributed by atoms with Gasteiger partial charge in [0.2, 0.25) is 0 Å². The summed E-state index contributed by atoms with van der Waals surface area (Å²) in [4.78, 5) is 0. The predicted octanol–water partition coefficient (Wildman–Crippen LogP) is 6.41. The normalized spacial score (nSPS) is 11.1. The first kappa shape index (κ1) is 16.3. The lowest BCUT2D eigenvalue weighted by Crippen LogP contribution is -1.87. The van der Waals surface area contributed by atoms with Gasteiger partial charge in [-0.25, -0.2) is 0 Å². The minimum atomic E-state index is 0.883. The number of benzene rings is 1. The van der Waals surface area contributed by atoms with Gasteiger partial charge in [-0.15, -0.1) is 0 Å². The van der Waals surface area contributed by atoms with Gasteiger partial charge in [-0.05, 0) is 24.3 Å². The SMILES string of the molecule is CC(C)CCCCCCCCC[CH]c1ccccc1. The van der Waals surface area contributed by atoms with Crippen LogP contribution in [0, 0.1) is 12.3 Å². The van der Waals surface area contributed by atoms with Crippen LogP contribution in [0.3, 0.4) is 0 Å². The number of hydrogen-bond donors (Lipinski definition) is 0. The molecule has 0 saturated heterocycles. The Bertz CT molecular complexity index is 286. The predicted molar refractivity (Wildman–Crippen MR) is 86.2 cm³/mol. The van der Waals surface area contributed by atoms with E-state index in [1.807, 2.05) is 0 Å². The lowest BCUT2D eigenvalue weighted by atomic mass is 10.0. The molecule has 0 heterocycles. The van der Waals surface area contributed by atoms with Crippen molar-refractivity contribution in [2.24, 2.45) is 5.92 Å². The van der Waals surface area contributed by atoms with Gasteiger partial charge in [0.25, 0.3) is 0 Å². The molecule has 0 heteroatoms. The first-order valence-electron chi connectivity index (χ1n) is 8.17. The second-order valence-corrected chi connectivity index (χ2v) is 6.06. The average Bonchev–Trinajstić information content (AvgIpc) is 2.42. The van der Waals surface area contributed by atoms with Crippen molar-refractivity contribution in [3.05, 3.63) is 42.3 Å². The van der Waals surface area contributed by atoms with Gasteiger partial charge in [0, 0.05) is 0 Å². The minimum Gasteiger partial charge on any atom is -0.0628 e. The Hall–Kier alpha value is -0.780. The van der Waals surface area contributed by atoms with Gasteiger partial charge in [0.1, 0.15) is 0 Å². The van der Waals surface area contributed by atoms with Crippen LogP contribution in [0.2, 0.25) is 0 Å². The molecular weight excluding hydrogens is 228 g/mol. The summed E-state index contributed by atoms with van der Waals surface area (Å²) in [5.74, 6) is 0.883. The summed E-state index contributed by atoms with van der Waals surface area (Å²) in [5.41, 5.74) is 1.37. The molecule has 0 amide bonds. The molecule has 0 nitrogen and oxygen atoms in total. The van der Waals surface area contributed by atoms with Crippen molar-refractivity contribution in [2.75, 3.05) is 0 Å². The lowest BCUT2D eigenvalue weighted by molar-refractivity contribution is 0.509. The van der Waals surface area contributed by atoms with Gasteiger partial charge in [-0.1, -0.05) is 95.5 Å². The van der Waals surface area contributed by atoms with Crippen molar-refractivity contribution in [1.29, 1.82) is 0 Å². The summed E-state index contributed by atoms with van der Waals surface area (Å²) < 4.78 is 0. The topological polar surface area (TPSA) is 0 Å². The molecule has 107 valence electrons. The Morgan fingerprint density at radius 3 is 2.00 bits per heavy atom. The van der Waals surface area contributed by atoms with Crippen LogP contribution in [0.25, 0.3) is 0 Å². The highest BCUT2D eigenvalue weighted by molar-refractivity contribution is 5.21. The molecule has 1 aromatic carbocycles. The molecule has 0 aliphatic heterocycles. The molecule has 1 radical (unpaired) electrons. The van der Waals surface area contributed by atoms with Crippen LogP contribution in [0.1, 0.15) is 77.2 Å². The molecule has 0 fully saturated rings. The average molecular weight is 259 g/mol. The Labute approximate surface area is 120 Å². The second-order valence-electron chi connectivity index (χ2n) is 6.06. The summed E-state index contributed by atoms with van der Waals surface area (Å²) in [5, 5.41) is 0. The van der Waals surface area contributed by atoms with E-state index >= 15 is 0 Å². The lowest BCUT2D eigenvalue weighted by Gasteiger charge is -2.04. The third-order valence-electron chi connectivity index (χ3n) is 3.67. The van der Waals surface area contributed by atoms with Crippen LogP contribution in [-0.4, -0.2) is 0 Å². The van der Waals surface area contributed by atoms with E-state index in [0.717, 1.165) is 5.92 Å². The molecule has 0 aromatic heterocycles. The van der Waals surface area contributed by atoms with E-state index in [-0.39, 0.29) is 0 Å². The van der Waals surface area contributed by atoms with Crippen molar-refractivity contribution in [3.8, 4) is 0 Å². The van der Waals surface area contributed by atoms with Crippen LogP contribution >= 0.6 is 0 Å². The van der Waals surface area contributed by atoms with Crippen LogP contribution < -0.4 is 0 Å². The van der Waals surface area contributed by atoms with Gasteiger partial charge in [0.05, 0.1) is 0 Å². The van der Waals surface area contributed by atoms with E-state index in [1.54, 1.807) is 0 Å². The van der Waals surface area contributed by atoms with E-state index in [0.29, 0.717) is 0 Å². The summed E-state index contributed by atoms with van der Waals surface area (Å²) in [6, 6.07) is 10.7.